The highest BCUT2D eigenvalue weighted by atomic mass is 32.2. The van der Waals surface area contributed by atoms with E-state index in [1.54, 1.807) is 27.6 Å². The summed E-state index contributed by atoms with van der Waals surface area (Å²) in [6.07, 6.45) is 0. The summed E-state index contributed by atoms with van der Waals surface area (Å²) in [6, 6.07) is 0. The number of aliphatic carboxylic acids is 1. The summed E-state index contributed by atoms with van der Waals surface area (Å²) >= 11 is 3.09. The molecule has 0 aromatic carbocycles. The molecule has 0 unspecified atom stereocenters. The zero-order valence-corrected chi connectivity index (χ0v) is 8.37. The molecular formula is C6H13NO2S2. The Morgan fingerprint density at radius 3 is 2.09 bits per heavy atom. The number of nitrogens with zero attached hydrogens (tertiary/aromatic N) is 1. The van der Waals surface area contributed by atoms with Crippen molar-refractivity contribution in [1.82, 2.24) is 3.71 Å². The van der Waals surface area contributed by atoms with Crippen molar-refractivity contribution in [2.45, 2.75) is 13.8 Å². The highest BCUT2D eigenvalue weighted by Crippen LogP contribution is 2.19. The number of carboxylic acids is 1. The Balaban J connectivity index is 3.59. The van der Waals surface area contributed by atoms with Crippen LogP contribution in [0.1, 0.15) is 13.8 Å². The number of rotatable bonds is 6. The molecule has 0 saturated carbocycles. The maximum atomic E-state index is 10.3. The van der Waals surface area contributed by atoms with Gasteiger partial charge in [-0.25, -0.2) is 0 Å². The molecule has 0 rings (SSSR count). The molecule has 0 bridgehead atoms. The van der Waals surface area contributed by atoms with Crippen molar-refractivity contribution in [3.8, 4) is 0 Å². The zero-order chi connectivity index (χ0) is 8.69. The van der Waals surface area contributed by atoms with Gasteiger partial charge in [0.2, 0.25) is 0 Å². The first-order chi connectivity index (χ1) is 5.20. The summed E-state index contributed by atoms with van der Waals surface area (Å²) in [5.74, 6) is 1.06. The van der Waals surface area contributed by atoms with Gasteiger partial charge < -0.3 is 5.11 Å². The first-order valence-corrected chi connectivity index (χ1v) is 5.34. The maximum absolute atomic E-state index is 10.3. The Hall–Kier alpha value is 0.130. The third-order valence-electron chi connectivity index (χ3n) is 0.811. The van der Waals surface area contributed by atoms with Crippen LogP contribution in [0.5, 0.6) is 0 Å². The summed E-state index contributed by atoms with van der Waals surface area (Å²) in [7, 11) is 0. The molecule has 11 heavy (non-hydrogen) atoms. The van der Waals surface area contributed by atoms with Gasteiger partial charge in [0, 0.05) is 11.5 Å². The zero-order valence-electron chi connectivity index (χ0n) is 6.74. The Morgan fingerprint density at radius 2 is 1.82 bits per heavy atom. The summed E-state index contributed by atoms with van der Waals surface area (Å²) in [5.41, 5.74) is 0. The van der Waals surface area contributed by atoms with Gasteiger partial charge in [0.15, 0.2) is 0 Å². The van der Waals surface area contributed by atoms with Crippen LogP contribution in [0.2, 0.25) is 0 Å². The van der Waals surface area contributed by atoms with Crippen LogP contribution in [-0.4, -0.2) is 32.8 Å². The summed E-state index contributed by atoms with van der Waals surface area (Å²) < 4.78 is 1.79. The van der Waals surface area contributed by atoms with Gasteiger partial charge in [-0.15, -0.1) is 0 Å². The summed E-state index contributed by atoms with van der Waals surface area (Å²) in [6.45, 7) is 4.13. The minimum Gasteiger partial charge on any atom is -0.480 e. The molecule has 1 N–H and O–H groups in total. The van der Waals surface area contributed by atoms with Crippen molar-refractivity contribution in [1.29, 1.82) is 0 Å². The van der Waals surface area contributed by atoms with Gasteiger partial charge in [-0.3, -0.25) is 4.79 Å². The van der Waals surface area contributed by atoms with E-state index in [1.165, 1.54) is 0 Å². The van der Waals surface area contributed by atoms with Crippen LogP contribution >= 0.6 is 23.9 Å². The average Bonchev–Trinajstić information content (AvgIpc) is 1.87. The van der Waals surface area contributed by atoms with E-state index in [-0.39, 0.29) is 6.54 Å². The highest BCUT2D eigenvalue weighted by molar-refractivity contribution is 8.12. The van der Waals surface area contributed by atoms with Crippen molar-refractivity contribution < 1.29 is 9.90 Å². The normalized spacial score (nSPS) is 10.5. The molecule has 0 aliphatic rings. The lowest BCUT2D eigenvalue weighted by Crippen LogP contribution is -2.17. The molecular weight excluding hydrogens is 182 g/mol. The summed E-state index contributed by atoms with van der Waals surface area (Å²) in [5, 5.41) is 8.47. The van der Waals surface area contributed by atoms with Crippen LogP contribution in [0.15, 0.2) is 0 Å². The smallest absolute Gasteiger partial charge is 0.319 e. The van der Waals surface area contributed by atoms with Crippen LogP contribution < -0.4 is 0 Å². The Kier molecular flexibility index (Phi) is 6.90. The number of carbonyl (C=O) groups is 1. The second kappa shape index (κ2) is 6.82. The summed E-state index contributed by atoms with van der Waals surface area (Å²) in [4.78, 5) is 10.3. The Labute approximate surface area is 75.8 Å². The van der Waals surface area contributed by atoms with E-state index in [9.17, 15) is 4.79 Å². The van der Waals surface area contributed by atoms with Gasteiger partial charge in [0.25, 0.3) is 0 Å². The average molecular weight is 195 g/mol. The number of hydrogen-bond donors (Lipinski definition) is 1. The minimum atomic E-state index is -0.771. The van der Waals surface area contributed by atoms with Crippen molar-refractivity contribution in [2.24, 2.45) is 0 Å². The molecule has 0 atom stereocenters. The van der Waals surface area contributed by atoms with Crippen LogP contribution in [0.4, 0.5) is 0 Å². The van der Waals surface area contributed by atoms with Gasteiger partial charge in [-0.2, -0.15) is 3.71 Å². The molecule has 0 spiro atoms. The van der Waals surface area contributed by atoms with Gasteiger partial charge in [0.1, 0.15) is 6.54 Å². The van der Waals surface area contributed by atoms with Crippen LogP contribution in [0, 0.1) is 0 Å². The van der Waals surface area contributed by atoms with E-state index in [1.807, 2.05) is 13.8 Å². The third kappa shape index (κ3) is 6.52. The molecule has 0 aromatic heterocycles. The molecule has 0 aliphatic carbocycles. The fraction of sp³-hybridized carbons (Fsp3) is 0.833. The minimum absolute atomic E-state index is 0.108. The van der Waals surface area contributed by atoms with Crippen LogP contribution in [0.3, 0.4) is 0 Å². The monoisotopic (exact) mass is 195 g/mol. The first kappa shape index (κ1) is 11.1. The molecule has 5 heteroatoms. The number of hydrogen-bond acceptors (Lipinski definition) is 4. The highest BCUT2D eigenvalue weighted by Gasteiger charge is 2.08. The first-order valence-electron chi connectivity index (χ1n) is 3.45. The molecule has 3 nitrogen and oxygen atoms in total. The molecule has 0 radical (unpaired) electrons. The van der Waals surface area contributed by atoms with E-state index in [4.69, 9.17) is 5.11 Å². The predicted molar refractivity (Wildman–Crippen MR) is 50.6 cm³/mol. The van der Waals surface area contributed by atoms with E-state index in [2.05, 4.69) is 0 Å². The third-order valence-corrected chi connectivity index (χ3v) is 2.79. The quantitative estimate of drug-likeness (QED) is 0.653. The fourth-order valence-corrected chi connectivity index (χ4v) is 2.44. The standard InChI is InChI=1S/C6H13NO2S2/c1-3-10-7(11-4-2)5-6(8)9/h3-5H2,1-2H3,(H,8,9). The topological polar surface area (TPSA) is 40.5 Å². The number of carboxylic acid groups (broad SMARTS) is 1. The van der Waals surface area contributed by atoms with Gasteiger partial charge in [-0.1, -0.05) is 37.7 Å². The van der Waals surface area contributed by atoms with Crippen molar-refractivity contribution in [2.75, 3.05) is 18.1 Å². The van der Waals surface area contributed by atoms with Crippen LogP contribution in [0.25, 0.3) is 0 Å². The molecule has 0 aliphatic heterocycles. The van der Waals surface area contributed by atoms with Crippen LogP contribution in [-0.2, 0) is 4.79 Å². The van der Waals surface area contributed by atoms with Gasteiger partial charge in [0.05, 0.1) is 0 Å². The SMILES string of the molecule is CCSN(CC(=O)O)SCC. The Bertz CT molecular complexity index is 115. The lowest BCUT2D eigenvalue weighted by molar-refractivity contribution is -0.136. The predicted octanol–water partition coefficient (Wildman–Crippen LogP) is 1.71. The van der Waals surface area contributed by atoms with Crippen molar-refractivity contribution in [3.05, 3.63) is 0 Å². The lowest BCUT2D eigenvalue weighted by Gasteiger charge is -2.14. The van der Waals surface area contributed by atoms with Gasteiger partial charge in [-0.05, 0) is 0 Å². The van der Waals surface area contributed by atoms with E-state index in [0.717, 1.165) is 11.5 Å². The van der Waals surface area contributed by atoms with Gasteiger partial charge >= 0.3 is 5.97 Å². The maximum Gasteiger partial charge on any atom is 0.319 e. The van der Waals surface area contributed by atoms with Crippen molar-refractivity contribution in [3.63, 3.8) is 0 Å². The molecule has 0 amide bonds. The molecule has 66 valence electrons. The van der Waals surface area contributed by atoms with E-state index in [0.29, 0.717) is 0 Å². The fourth-order valence-electron chi connectivity index (χ4n) is 0.527. The largest absolute Gasteiger partial charge is 0.480 e. The second-order valence-corrected chi connectivity index (χ2v) is 4.50. The molecule has 0 heterocycles. The Morgan fingerprint density at radius 1 is 1.36 bits per heavy atom. The van der Waals surface area contributed by atoms with E-state index >= 15 is 0 Å². The molecule has 0 fully saturated rings. The van der Waals surface area contributed by atoms with Crippen molar-refractivity contribution >= 4 is 29.9 Å². The second-order valence-electron chi connectivity index (χ2n) is 1.72. The lowest BCUT2D eigenvalue weighted by atomic mass is 10.7. The van der Waals surface area contributed by atoms with E-state index < -0.39 is 5.97 Å². The molecule has 0 aromatic rings. The molecule has 0 saturated heterocycles.